The minimum atomic E-state index is -0.889. The van der Waals surface area contributed by atoms with Crippen LogP contribution < -0.4 is 0 Å². The fourth-order valence-electron chi connectivity index (χ4n) is 4.69. The van der Waals surface area contributed by atoms with Crippen LogP contribution in [0.4, 0.5) is 0 Å². The smallest absolute Gasteiger partial charge is 0.328 e. The van der Waals surface area contributed by atoms with Crippen LogP contribution >= 0.6 is 0 Å². The summed E-state index contributed by atoms with van der Waals surface area (Å²) in [5, 5.41) is 8.93. The average Bonchev–Trinajstić information content (AvgIpc) is 2.63. The summed E-state index contributed by atoms with van der Waals surface area (Å²) < 4.78 is 0. The van der Waals surface area contributed by atoms with Crippen molar-refractivity contribution in [2.24, 2.45) is 0 Å². The summed E-state index contributed by atoms with van der Waals surface area (Å²) in [7, 11) is 0. The molecule has 150 valence electrons. The highest BCUT2D eigenvalue weighted by molar-refractivity contribution is 5.81. The second kappa shape index (κ2) is 7.73. The Labute approximate surface area is 170 Å². The number of carbonyl (C=O) groups is 1. The van der Waals surface area contributed by atoms with E-state index in [2.05, 4.69) is 52.0 Å². The van der Waals surface area contributed by atoms with Crippen molar-refractivity contribution in [1.82, 2.24) is 0 Å². The van der Waals surface area contributed by atoms with Crippen molar-refractivity contribution in [3.8, 4) is 0 Å². The van der Waals surface area contributed by atoms with Gasteiger partial charge in [-0.05, 0) is 89.7 Å². The molecule has 0 bridgehead atoms. The number of hydrogen-bond acceptors (Lipinski definition) is 1. The maximum atomic E-state index is 10.9. The Morgan fingerprint density at radius 2 is 1.64 bits per heavy atom. The van der Waals surface area contributed by atoms with E-state index in [1.54, 1.807) is 0 Å². The van der Waals surface area contributed by atoms with Crippen molar-refractivity contribution < 1.29 is 9.90 Å². The standard InChI is InChI=1S/C26H34O2/c1-18(16-24(27)28)10-11-19-8-6-7-9-21(19)20-12-13-22-23(17-20)26(4,5)15-14-25(22,2)3/h10-13,16-17H,6-9,14-15H2,1-5H3,(H,27,28)/b11-10+,18-16+. The zero-order chi connectivity index (χ0) is 20.5. The van der Waals surface area contributed by atoms with Gasteiger partial charge >= 0.3 is 5.97 Å². The van der Waals surface area contributed by atoms with E-state index < -0.39 is 5.97 Å². The van der Waals surface area contributed by atoms with Crippen LogP contribution in [0, 0.1) is 0 Å². The molecule has 3 rings (SSSR count). The van der Waals surface area contributed by atoms with Crippen LogP contribution in [0.2, 0.25) is 0 Å². The molecule has 0 atom stereocenters. The summed E-state index contributed by atoms with van der Waals surface area (Å²) in [6, 6.07) is 7.13. The van der Waals surface area contributed by atoms with E-state index in [0.29, 0.717) is 0 Å². The Bertz CT molecular complexity index is 862. The number of benzene rings is 1. The van der Waals surface area contributed by atoms with Crippen LogP contribution in [-0.2, 0) is 15.6 Å². The molecule has 1 N–H and O–H groups in total. The van der Waals surface area contributed by atoms with Gasteiger partial charge in [-0.2, -0.15) is 0 Å². The van der Waals surface area contributed by atoms with Crippen LogP contribution in [0.15, 0.2) is 47.6 Å². The lowest BCUT2D eigenvalue weighted by Gasteiger charge is -2.42. The summed E-state index contributed by atoms with van der Waals surface area (Å²) in [4.78, 5) is 10.9. The molecule has 0 saturated heterocycles. The molecule has 1 aromatic carbocycles. The van der Waals surface area contributed by atoms with Gasteiger partial charge in [-0.15, -0.1) is 0 Å². The van der Waals surface area contributed by atoms with E-state index in [1.165, 1.54) is 59.6 Å². The molecule has 0 aliphatic heterocycles. The van der Waals surface area contributed by atoms with Crippen molar-refractivity contribution in [3.63, 3.8) is 0 Å². The average molecular weight is 379 g/mol. The third-order valence-corrected chi connectivity index (χ3v) is 6.61. The van der Waals surface area contributed by atoms with E-state index in [-0.39, 0.29) is 10.8 Å². The molecule has 0 spiro atoms. The summed E-state index contributed by atoms with van der Waals surface area (Å²) >= 11 is 0. The first-order valence-electron chi connectivity index (χ1n) is 10.6. The molecule has 28 heavy (non-hydrogen) atoms. The van der Waals surface area contributed by atoms with Crippen LogP contribution in [-0.4, -0.2) is 11.1 Å². The molecule has 0 fully saturated rings. The number of rotatable bonds is 4. The third-order valence-electron chi connectivity index (χ3n) is 6.61. The van der Waals surface area contributed by atoms with Crippen LogP contribution in [0.25, 0.3) is 5.57 Å². The van der Waals surface area contributed by atoms with Gasteiger partial charge in [0.1, 0.15) is 0 Å². The third kappa shape index (κ3) is 4.32. The second-order valence-corrected chi connectivity index (χ2v) is 9.80. The lowest BCUT2D eigenvalue weighted by molar-refractivity contribution is -0.131. The summed E-state index contributed by atoms with van der Waals surface area (Å²) in [6.45, 7) is 11.3. The molecule has 1 aromatic rings. The summed E-state index contributed by atoms with van der Waals surface area (Å²) in [5.74, 6) is -0.889. The number of hydrogen-bond donors (Lipinski definition) is 1. The highest BCUT2D eigenvalue weighted by Crippen LogP contribution is 2.47. The van der Waals surface area contributed by atoms with E-state index in [9.17, 15) is 4.79 Å². The molecule has 0 saturated carbocycles. The van der Waals surface area contributed by atoms with E-state index in [0.717, 1.165) is 18.4 Å². The first kappa shape index (κ1) is 20.6. The van der Waals surface area contributed by atoms with E-state index >= 15 is 0 Å². The number of carboxylic acid groups (broad SMARTS) is 1. The van der Waals surface area contributed by atoms with Gasteiger partial charge in [0.05, 0.1) is 0 Å². The Kier molecular flexibility index (Phi) is 5.70. The Balaban J connectivity index is 2.04. The van der Waals surface area contributed by atoms with Crippen molar-refractivity contribution in [2.45, 2.75) is 84.0 Å². The summed E-state index contributed by atoms with van der Waals surface area (Å²) in [6.07, 6.45) is 12.4. The van der Waals surface area contributed by atoms with Gasteiger partial charge in [0.2, 0.25) is 0 Å². The second-order valence-electron chi connectivity index (χ2n) is 9.80. The van der Waals surface area contributed by atoms with Crippen molar-refractivity contribution in [1.29, 1.82) is 0 Å². The topological polar surface area (TPSA) is 37.3 Å². The predicted molar refractivity (Wildman–Crippen MR) is 118 cm³/mol. The van der Waals surface area contributed by atoms with Crippen molar-refractivity contribution in [2.75, 3.05) is 0 Å². The Morgan fingerprint density at radius 1 is 1.00 bits per heavy atom. The molecule has 0 amide bonds. The lowest BCUT2D eigenvalue weighted by Crippen LogP contribution is -2.33. The van der Waals surface area contributed by atoms with Crippen LogP contribution in [0.1, 0.15) is 89.8 Å². The molecule has 0 aromatic heterocycles. The SMILES string of the molecule is CC(/C=C/C1=C(c2ccc3c(c2)C(C)(C)CCC3(C)C)CCCC1)=C\C(=O)O. The maximum absolute atomic E-state index is 10.9. The zero-order valence-electron chi connectivity index (χ0n) is 18.1. The fraction of sp³-hybridized carbons (Fsp3) is 0.500. The van der Waals surface area contributed by atoms with Gasteiger partial charge in [0.25, 0.3) is 0 Å². The normalized spacial score (nSPS) is 21.7. The van der Waals surface area contributed by atoms with E-state index in [4.69, 9.17) is 5.11 Å². The molecule has 2 aliphatic rings. The highest BCUT2D eigenvalue weighted by Gasteiger charge is 2.37. The van der Waals surface area contributed by atoms with Gasteiger partial charge in [0.15, 0.2) is 0 Å². The van der Waals surface area contributed by atoms with E-state index in [1.807, 2.05) is 13.0 Å². The van der Waals surface area contributed by atoms with Gasteiger partial charge in [-0.3, -0.25) is 0 Å². The monoisotopic (exact) mass is 378 g/mol. The predicted octanol–water partition coefficient (Wildman–Crippen LogP) is 6.95. The van der Waals surface area contributed by atoms with Crippen molar-refractivity contribution in [3.05, 3.63) is 64.3 Å². The highest BCUT2D eigenvalue weighted by atomic mass is 16.4. The molecule has 0 radical (unpaired) electrons. The number of allylic oxidation sites excluding steroid dienone is 5. The number of aliphatic carboxylic acids is 1. The Morgan fingerprint density at radius 3 is 2.32 bits per heavy atom. The van der Waals surface area contributed by atoms with Gasteiger partial charge < -0.3 is 5.11 Å². The Hall–Kier alpha value is -2.09. The first-order chi connectivity index (χ1) is 13.1. The fourth-order valence-corrected chi connectivity index (χ4v) is 4.69. The minimum Gasteiger partial charge on any atom is -0.478 e. The van der Waals surface area contributed by atoms with Crippen LogP contribution in [0.3, 0.4) is 0 Å². The largest absolute Gasteiger partial charge is 0.478 e. The molecule has 2 aliphatic carbocycles. The quantitative estimate of drug-likeness (QED) is 0.454. The minimum absolute atomic E-state index is 0.215. The molecule has 2 nitrogen and oxygen atoms in total. The molecule has 2 heteroatoms. The molecular weight excluding hydrogens is 344 g/mol. The van der Waals surface area contributed by atoms with Crippen molar-refractivity contribution >= 4 is 11.5 Å². The zero-order valence-corrected chi connectivity index (χ0v) is 18.1. The number of carboxylic acids is 1. The molecule has 0 heterocycles. The van der Waals surface area contributed by atoms with Crippen LogP contribution in [0.5, 0.6) is 0 Å². The number of fused-ring (bicyclic) bond motifs is 1. The maximum Gasteiger partial charge on any atom is 0.328 e. The molecule has 0 unspecified atom stereocenters. The first-order valence-corrected chi connectivity index (χ1v) is 10.6. The lowest BCUT2D eigenvalue weighted by atomic mass is 9.62. The molecular formula is C26H34O2. The van der Waals surface area contributed by atoms with Gasteiger partial charge in [-0.1, -0.05) is 58.0 Å². The van der Waals surface area contributed by atoms with Gasteiger partial charge in [0, 0.05) is 6.08 Å². The summed E-state index contributed by atoms with van der Waals surface area (Å²) in [5.41, 5.74) is 8.39. The van der Waals surface area contributed by atoms with Gasteiger partial charge in [-0.25, -0.2) is 4.79 Å².